The van der Waals surface area contributed by atoms with Crippen LogP contribution in [0.3, 0.4) is 0 Å². The number of imidazole rings is 1. The number of nitrogens with one attached hydrogen (secondary N) is 2. The van der Waals surface area contributed by atoms with Crippen LogP contribution in [0.5, 0.6) is 0 Å². The third kappa shape index (κ3) is 2.60. The van der Waals surface area contributed by atoms with Crippen LogP contribution >= 0.6 is 11.9 Å². The van der Waals surface area contributed by atoms with Crippen molar-refractivity contribution in [2.45, 2.75) is 0 Å². The van der Waals surface area contributed by atoms with Crippen molar-refractivity contribution in [2.75, 3.05) is 18.1 Å². The molecule has 17 heavy (non-hydrogen) atoms. The normalized spacial score (nSPS) is 11.6. The Morgan fingerprint density at radius 2 is 2.24 bits per heavy atom. The smallest absolute Gasteiger partial charge is 0.278 e. The molecule has 0 aliphatic heterocycles. The van der Waals surface area contributed by atoms with Crippen LogP contribution in [-0.2, 0) is 0 Å². The Bertz CT molecular complexity index is 604. The second kappa shape index (κ2) is 4.93. The maximum absolute atomic E-state index is 11.4. The molecule has 0 bridgehead atoms. The van der Waals surface area contributed by atoms with Crippen LogP contribution in [0.1, 0.15) is 0 Å². The van der Waals surface area contributed by atoms with Gasteiger partial charge in [-0.15, -0.1) is 9.63 Å². The molecule has 0 saturated heterocycles. The van der Waals surface area contributed by atoms with Gasteiger partial charge in [0.2, 0.25) is 11.9 Å². The standard InChI is InChI=1S/C7H9N7O2S/c8-6-10-4-3(5(16)12-6)9-7(11-4)13-14-17-2-1-15/h15H,1-2H2,(H4,8,9,10,11,12,16). The van der Waals surface area contributed by atoms with Crippen molar-refractivity contribution in [3.05, 3.63) is 10.4 Å². The Kier molecular flexibility index (Phi) is 3.35. The lowest BCUT2D eigenvalue weighted by Gasteiger charge is -1.88. The summed E-state index contributed by atoms with van der Waals surface area (Å²) in [7, 11) is 0. The molecular weight excluding hydrogens is 246 g/mol. The molecule has 0 unspecified atom stereocenters. The average Bonchev–Trinajstić information content (AvgIpc) is 2.67. The van der Waals surface area contributed by atoms with E-state index in [-0.39, 0.29) is 29.7 Å². The topological polar surface area (TPSA) is 145 Å². The van der Waals surface area contributed by atoms with E-state index in [1.807, 2.05) is 0 Å². The largest absolute Gasteiger partial charge is 0.395 e. The number of hydrogen-bond donors (Lipinski definition) is 4. The third-order valence-corrected chi connectivity index (χ3v) is 2.31. The molecule has 0 atom stereocenters. The number of aromatic amines is 2. The van der Waals surface area contributed by atoms with Crippen LogP contribution in [0.4, 0.5) is 11.9 Å². The van der Waals surface area contributed by atoms with E-state index < -0.39 is 5.56 Å². The van der Waals surface area contributed by atoms with Crippen molar-refractivity contribution in [2.24, 2.45) is 9.63 Å². The number of nitrogens with zero attached hydrogens (tertiary/aromatic N) is 4. The van der Waals surface area contributed by atoms with Crippen LogP contribution in [0.15, 0.2) is 14.4 Å². The highest BCUT2D eigenvalue weighted by Gasteiger charge is 2.07. The zero-order chi connectivity index (χ0) is 12.3. The number of hydrogen-bond acceptors (Lipinski definition) is 8. The van der Waals surface area contributed by atoms with E-state index in [0.717, 1.165) is 11.9 Å². The first-order chi connectivity index (χ1) is 8.20. The minimum Gasteiger partial charge on any atom is -0.395 e. The van der Waals surface area contributed by atoms with Crippen molar-refractivity contribution in [1.82, 2.24) is 19.9 Å². The van der Waals surface area contributed by atoms with Gasteiger partial charge in [-0.25, -0.2) is 0 Å². The lowest BCUT2D eigenvalue weighted by molar-refractivity contribution is 0.322. The lowest BCUT2D eigenvalue weighted by atomic mass is 10.5. The first kappa shape index (κ1) is 11.5. The Morgan fingerprint density at radius 1 is 1.41 bits per heavy atom. The van der Waals surface area contributed by atoms with Gasteiger partial charge in [0, 0.05) is 17.7 Å². The van der Waals surface area contributed by atoms with Crippen molar-refractivity contribution in [3.63, 3.8) is 0 Å². The summed E-state index contributed by atoms with van der Waals surface area (Å²) in [5.74, 6) is 0.594. The number of anilines is 1. The fourth-order valence-corrected chi connectivity index (χ4v) is 1.41. The summed E-state index contributed by atoms with van der Waals surface area (Å²) in [6.07, 6.45) is 0. The first-order valence-corrected chi connectivity index (χ1v) is 5.54. The van der Waals surface area contributed by atoms with Gasteiger partial charge in [0.25, 0.3) is 5.56 Å². The molecule has 0 aromatic carbocycles. The first-order valence-electron chi connectivity index (χ1n) is 4.60. The van der Waals surface area contributed by atoms with Gasteiger partial charge in [0.15, 0.2) is 11.2 Å². The summed E-state index contributed by atoms with van der Waals surface area (Å²) in [5.41, 5.74) is 5.34. The van der Waals surface area contributed by atoms with Gasteiger partial charge < -0.3 is 15.8 Å². The van der Waals surface area contributed by atoms with E-state index in [4.69, 9.17) is 10.8 Å². The van der Waals surface area contributed by atoms with Gasteiger partial charge in [-0.05, 0) is 0 Å². The fraction of sp³-hybridized carbons (Fsp3) is 0.286. The zero-order valence-corrected chi connectivity index (χ0v) is 9.36. The summed E-state index contributed by atoms with van der Waals surface area (Å²) in [6.45, 7) is 0.0155. The van der Waals surface area contributed by atoms with E-state index in [9.17, 15) is 4.79 Å². The van der Waals surface area contributed by atoms with Gasteiger partial charge >= 0.3 is 0 Å². The predicted molar refractivity (Wildman–Crippen MR) is 63.0 cm³/mol. The van der Waals surface area contributed by atoms with E-state index in [2.05, 4.69) is 29.6 Å². The van der Waals surface area contributed by atoms with E-state index >= 15 is 0 Å². The van der Waals surface area contributed by atoms with Crippen LogP contribution in [0, 0.1) is 0 Å². The number of fused-ring (bicyclic) bond motifs is 1. The number of aliphatic hydroxyl groups is 1. The summed E-state index contributed by atoms with van der Waals surface area (Å²) >= 11 is 1.08. The van der Waals surface area contributed by atoms with Gasteiger partial charge in [0.1, 0.15) is 0 Å². The molecule has 10 heteroatoms. The fourth-order valence-electron chi connectivity index (χ4n) is 1.11. The summed E-state index contributed by atoms with van der Waals surface area (Å²) in [4.78, 5) is 24.2. The molecule has 0 radical (unpaired) electrons. The number of aromatic nitrogens is 4. The molecule has 2 aromatic heterocycles. The molecule has 0 fully saturated rings. The summed E-state index contributed by atoms with van der Waals surface area (Å²) in [5, 5.41) is 12.3. The zero-order valence-electron chi connectivity index (χ0n) is 8.54. The molecule has 2 heterocycles. The molecule has 0 saturated carbocycles. The second-order valence-electron chi connectivity index (χ2n) is 2.95. The van der Waals surface area contributed by atoms with Crippen LogP contribution in [0.25, 0.3) is 11.2 Å². The Hall–Kier alpha value is -1.94. The van der Waals surface area contributed by atoms with Crippen molar-refractivity contribution in [1.29, 1.82) is 0 Å². The van der Waals surface area contributed by atoms with Crippen LogP contribution in [-0.4, -0.2) is 37.4 Å². The Morgan fingerprint density at radius 3 is 3.00 bits per heavy atom. The molecule has 0 amide bonds. The van der Waals surface area contributed by atoms with Gasteiger partial charge in [0.05, 0.1) is 6.61 Å². The molecule has 90 valence electrons. The highest BCUT2D eigenvalue weighted by atomic mass is 32.2. The molecular formula is C7H9N7O2S. The Balaban J connectivity index is 2.29. The highest BCUT2D eigenvalue weighted by molar-refractivity contribution is 7.97. The van der Waals surface area contributed by atoms with Crippen molar-refractivity contribution >= 4 is 35.0 Å². The number of H-pyrrole nitrogens is 2. The van der Waals surface area contributed by atoms with Crippen LogP contribution < -0.4 is 11.3 Å². The monoisotopic (exact) mass is 255 g/mol. The maximum Gasteiger partial charge on any atom is 0.278 e. The van der Waals surface area contributed by atoms with Crippen LogP contribution in [0.2, 0.25) is 0 Å². The van der Waals surface area contributed by atoms with E-state index in [1.165, 1.54) is 0 Å². The molecule has 2 rings (SSSR count). The SMILES string of the molecule is Nc1nc2nc(N=NSCCO)[nH]c2c(=O)[nH]1. The summed E-state index contributed by atoms with van der Waals surface area (Å²) in [6, 6.07) is 0. The minimum atomic E-state index is -0.413. The molecule has 0 spiro atoms. The van der Waals surface area contributed by atoms with Gasteiger partial charge in [-0.3, -0.25) is 9.78 Å². The number of aliphatic hydroxyl groups excluding tert-OH is 1. The highest BCUT2D eigenvalue weighted by Crippen LogP contribution is 2.14. The molecule has 5 N–H and O–H groups in total. The molecule has 0 aliphatic rings. The van der Waals surface area contributed by atoms with Crippen molar-refractivity contribution < 1.29 is 5.11 Å². The maximum atomic E-state index is 11.4. The number of nitrogens with two attached hydrogens (primary N) is 1. The number of nitrogen functional groups attached to an aromatic ring is 1. The van der Waals surface area contributed by atoms with Gasteiger partial charge in [-0.1, -0.05) is 0 Å². The second-order valence-corrected chi connectivity index (χ2v) is 3.78. The van der Waals surface area contributed by atoms with Gasteiger partial charge in [-0.2, -0.15) is 9.97 Å². The summed E-state index contributed by atoms with van der Waals surface area (Å²) < 4.78 is 3.70. The molecule has 2 aromatic rings. The number of rotatable bonds is 4. The van der Waals surface area contributed by atoms with Crippen molar-refractivity contribution in [3.8, 4) is 0 Å². The lowest BCUT2D eigenvalue weighted by Crippen LogP contribution is -2.10. The quantitative estimate of drug-likeness (QED) is 0.342. The predicted octanol–water partition coefficient (Wildman–Crippen LogP) is -0.0474. The van der Waals surface area contributed by atoms with E-state index in [1.54, 1.807) is 0 Å². The third-order valence-electron chi connectivity index (χ3n) is 1.74. The van der Waals surface area contributed by atoms with E-state index in [0.29, 0.717) is 5.75 Å². The Labute approximate surface area is 98.7 Å². The molecule has 9 nitrogen and oxygen atoms in total. The molecule has 0 aliphatic carbocycles. The average molecular weight is 255 g/mol. The minimum absolute atomic E-state index is 0.00727.